The van der Waals surface area contributed by atoms with Gasteiger partial charge in [0, 0.05) is 17.6 Å². The fourth-order valence-electron chi connectivity index (χ4n) is 2.72. The molecule has 3 rings (SSSR count). The average molecular weight is 370 g/mol. The smallest absolute Gasteiger partial charge is 0.264 e. The Labute approximate surface area is 144 Å². The second-order valence-corrected chi connectivity index (χ2v) is 9.21. The molecule has 1 fully saturated rings. The number of rotatable bonds is 4. The second kappa shape index (κ2) is 6.63. The van der Waals surface area contributed by atoms with E-state index in [1.54, 1.807) is 23.1 Å². The van der Waals surface area contributed by atoms with Gasteiger partial charge in [-0.1, -0.05) is 29.8 Å². The molecule has 1 aliphatic rings. The van der Waals surface area contributed by atoms with Crippen LogP contribution in [0.2, 0.25) is 5.02 Å². The van der Waals surface area contributed by atoms with Gasteiger partial charge in [-0.15, -0.1) is 11.3 Å². The van der Waals surface area contributed by atoms with E-state index >= 15 is 0 Å². The molecule has 0 saturated carbocycles. The maximum absolute atomic E-state index is 12.8. The molecule has 0 spiro atoms. The van der Waals surface area contributed by atoms with Gasteiger partial charge in [0.25, 0.3) is 5.91 Å². The van der Waals surface area contributed by atoms with Crippen molar-refractivity contribution in [2.45, 2.75) is 19.0 Å². The minimum absolute atomic E-state index is 0.0394. The number of hydrogen-bond donors (Lipinski definition) is 0. The highest BCUT2D eigenvalue weighted by Crippen LogP contribution is 2.24. The molecule has 0 bridgehead atoms. The number of benzene rings is 1. The molecule has 7 heteroatoms. The molecule has 23 heavy (non-hydrogen) atoms. The zero-order chi connectivity index (χ0) is 16.4. The Hall–Kier alpha value is -1.37. The molecule has 4 nitrogen and oxygen atoms in total. The Kier molecular flexibility index (Phi) is 4.75. The fourth-order valence-corrected chi connectivity index (χ4v) is 5.25. The van der Waals surface area contributed by atoms with Gasteiger partial charge in [-0.2, -0.15) is 0 Å². The van der Waals surface area contributed by atoms with Crippen LogP contribution in [0.25, 0.3) is 0 Å². The van der Waals surface area contributed by atoms with Gasteiger partial charge in [-0.05, 0) is 35.6 Å². The lowest BCUT2D eigenvalue weighted by molar-refractivity contribution is 0.0686. The van der Waals surface area contributed by atoms with Gasteiger partial charge in [-0.25, -0.2) is 8.42 Å². The topological polar surface area (TPSA) is 54.5 Å². The van der Waals surface area contributed by atoms with E-state index < -0.39 is 9.84 Å². The van der Waals surface area contributed by atoms with Crippen LogP contribution >= 0.6 is 22.9 Å². The summed E-state index contributed by atoms with van der Waals surface area (Å²) >= 11 is 7.27. The lowest BCUT2D eigenvalue weighted by Crippen LogP contribution is -2.40. The summed E-state index contributed by atoms with van der Waals surface area (Å²) in [5, 5.41) is 2.48. The predicted octanol–water partition coefficient (Wildman–Crippen LogP) is 3.23. The second-order valence-electron chi connectivity index (χ2n) is 5.59. The molecule has 2 heterocycles. The highest BCUT2D eigenvalue weighted by atomic mass is 35.5. The summed E-state index contributed by atoms with van der Waals surface area (Å²) in [4.78, 5) is 15.1. The monoisotopic (exact) mass is 369 g/mol. The summed E-state index contributed by atoms with van der Waals surface area (Å²) in [5.41, 5.74) is 0.934. The molecule has 1 atom stereocenters. The van der Waals surface area contributed by atoms with E-state index in [1.807, 2.05) is 23.6 Å². The van der Waals surface area contributed by atoms with Crippen LogP contribution in [-0.4, -0.2) is 36.8 Å². The van der Waals surface area contributed by atoms with Gasteiger partial charge in [-0.3, -0.25) is 4.79 Å². The van der Waals surface area contributed by atoms with Gasteiger partial charge < -0.3 is 4.90 Å². The van der Waals surface area contributed by atoms with E-state index in [0.29, 0.717) is 22.9 Å². The highest BCUT2D eigenvalue weighted by Gasteiger charge is 2.35. The van der Waals surface area contributed by atoms with E-state index in [0.717, 1.165) is 5.56 Å². The predicted molar refractivity (Wildman–Crippen MR) is 92.7 cm³/mol. The van der Waals surface area contributed by atoms with E-state index in [2.05, 4.69) is 0 Å². The molecule has 1 saturated heterocycles. The van der Waals surface area contributed by atoms with Crippen LogP contribution in [0.4, 0.5) is 0 Å². The fraction of sp³-hybridized carbons (Fsp3) is 0.312. The van der Waals surface area contributed by atoms with E-state index in [-0.39, 0.29) is 23.5 Å². The summed E-state index contributed by atoms with van der Waals surface area (Å²) in [6.07, 6.45) is 0.493. The number of halogens is 1. The third-order valence-corrected chi connectivity index (χ3v) is 6.77. The Morgan fingerprint density at radius 1 is 1.26 bits per heavy atom. The summed E-state index contributed by atoms with van der Waals surface area (Å²) in [6, 6.07) is 10.6. The van der Waals surface area contributed by atoms with Crippen molar-refractivity contribution in [1.29, 1.82) is 0 Å². The first-order valence-corrected chi connectivity index (χ1v) is 10.3. The lowest BCUT2D eigenvalue weighted by Gasteiger charge is -2.28. The summed E-state index contributed by atoms with van der Waals surface area (Å²) in [6.45, 7) is 0.383. The number of carbonyl (C=O) groups is 1. The van der Waals surface area contributed by atoms with E-state index in [4.69, 9.17) is 11.6 Å². The number of hydrogen-bond acceptors (Lipinski definition) is 4. The van der Waals surface area contributed by atoms with Crippen molar-refractivity contribution >= 4 is 38.7 Å². The Morgan fingerprint density at radius 2 is 2.00 bits per heavy atom. The maximum Gasteiger partial charge on any atom is 0.264 e. The zero-order valence-electron chi connectivity index (χ0n) is 12.3. The number of sulfone groups is 1. The Bertz CT molecular complexity index is 785. The third-order valence-electron chi connectivity index (χ3n) is 3.91. The van der Waals surface area contributed by atoms with Gasteiger partial charge in [0.05, 0.1) is 16.4 Å². The van der Waals surface area contributed by atoms with Gasteiger partial charge >= 0.3 is 0 Å². The number of amides is 1. The van der Waals surface area contributed by atoms with Crippen LogP contribution in [0, 0.1) is 0 Å². The standard InChI is InChI=1S/C16H16ClNO3S2/c17-13-5-3-12(4-6-13)10-18(14-7-9-23(20,21)11-14)16(19)15-2-1-8-22-15/h1-6,8,14H,7,9-11H2/t14-/m1/s1. The first-order valence-electron chi connectivity index (χ1n) is 7.24. The largest absolute Gasteiger partial charge is 0.330 e. The summed E-state index contributed by atoms with van der Waals surface area (Å²) < 4.78 is 23.6. The molecule has 0 aliphatic carbocycles. The maximum atomic E-state index is 12.8. The molecule has 1 aromatic heterocycles. The van der Waals surface area contributed by atoms with Crippen LogP contribution in [0.1, 0.15) is 21.7 Å². The number of carbonyl (C=O) groups excluding carboxylic acids is 1. The summed E-state index contributed by atoms with van der Waals surface area (Å²) in [7, 11) is -3.05. The molecule has 1 aliphatic heterocycles. The van der Waals surface area contributed by atoms with Crippen LogP contribution in [0.15, 0.2) is 41.8 Å². The molecule has 122 valence electrons. The van der Waals surface area contributed by atoms with Crippen molar-refractivity contribution in [2.24, 2.45) is 0 Å². The number of nitrogens with zero attached hydrogens (tertiary/aromatic N) is 1. The van der Waals surface area contributed by atoms with Crippen molar-refractivity contribution in [3.63, 3.8) is 0 Å². The van der Waals surface area contributed by atoms with Crippen molar-refractivity contribution in [2.75, 3.05) is 11.5 Å². The van der Waals surface area contributed by atoms with E-state index in [9.17, 15) is 13.2 Å². The average Bonchev–Trinajstić information content (AvgIpc) is 3.15. The quantitative estimate of drug-likeness (QED) is 0.831. The minimum Gasteiger partial charge on any atom is -0.330 e. The normalized spacial score (nSPS) is 19.6. The molecule has 0 unspecified atom stereocenters. The first-order chi connectivity index (χ1) is 10.9. The van der Waals surface area contributed by atoms with Crippen LogP contribution in [0.3, 0.4) is 0 Å². The van der Waals surface area contributed by atoms with Crippen molar-refractivity contribution < 1.29 is 13.2 Å². The molecule has 2 aromatic rings. The number of thiophene rings is 1. The SMILES string of the molecule is O=C(c1cccs1)N(Cc1ccc(Cl)cc1)[C@@H]1CCS(=O)(=O)C1. The highest BCUT2D eigenvalue weighted by molar-refractivity contribution is 7.91. The molecule has 0 radical (unpaired) electrons. The Morgan fingerprint density at radius 3 is 2.57 bits per heavy atom. The van der Waals surface area contributed by atoms with Gasteiger partial charge in [0.15, 0.2) is 9.84 Å². The van der Waals surface area contributed by atoms with Gasteiger partial charge in [0.1, 0.15) is 0 Å². The third kappa shape index (κ3) is 3.94. The molecular formula is C16H16ClNO3S2. The van der Waals surface area contributed by atoms with E-state index in [1.165, 1.54) is 11.3 Å². The minimum atomic E-state index is -3.05. The van der Waals surface area contributed by atoms with Crippen molar-refractivity contribution in [1.82, 2.24) is 4.90 Å². The van der Waals surface area contributed by atoms with Crippen LogP contribution in [0.5, 0.6) is 0 Å². The van der Waals surface area contributed by atoms with Crippen molar-refractivity contribution in [3.05, 3.63) is 57.2 Å². The molecular weight excluding hydrogens is 354 g/mol. The Balaban J connectivity index is 1.87. The molecule has 1 aromatic carbocycles. The first kappa shape index (κ1) is 16.5. The van der Waals surface area contributed by atoms with Crippen LogP contribution in [-0.2, 0) is 16.4 Å². The molecule has 1 amide bonds. The van der Waals surface area contributed by atoms with Crippen LogP contribution < -0.4 is 0 Å². The van der Waals surface area contributed by atoms with Gasteiger partial charge in [0.2, 0.25) is 0 Å². The zero-order valence-corrected chi connectivity index (χ0v) is 14.7. The lowest BCUT2D eigenvalue weighted by atomic mass is 10.1. The molecule has 0 N–H and O–H groups in total. The van der Waals surface area contributed by atoms with Crippen molar-refractivity contribution in [3.8, 4) is 0 Å². The summed E-state index contributed by atoms with van der Waals surface area (Å²) in [5.74, 6) is 0.0709.